The highest BCUT2D eigenvalue weighted by molar-refractivity contribution is 5.82. The van der Waals surface area contributed by atoms with Crippen LogP contribution in [0.15, 0.2) is 35.3 Å². The van der Waals surface area contributed by atoms with Crippen LogP contribution in [0.3, 0.4) is 0 Å². The highest BCUT2D eigenvalue weighted by Gasteiger charge is 2.30. The van der Waals surface area contributed by atoms with Crippen molar-refractivity contribution in [1.29, 1.82) is 0 Å². The van der Waals surface area contributed by atoms with Crippen LogP contribution in [0.1, 0.15) is 33.1 Å². The molecule has 1 unspecified atom stereocenters. The summed E-state index contributed by atoms with van der Waals surface area (Å²) in [5, 5.41) is 3.41. The maximum absolute atomic E-state index is 12.8. The van der Waals surface area contributed by atoms with Gasteiger partial charge in [-0.25, -0.2) is 4.99 Å². The van der Waals surface area contributed by atoms with Crippen LogP contribution in [-0.2, 0) is 9.53 Å². The van der Waals surface area contributed by atoms with Gasteiger partial charge in [0.2, 0.25) is 5.91 Å². The summed E-state index contributed by atoms with van der Waals surface area (Å²) < 4.78 is 11.5. The zero-order valence-electron chi connectivity index (χ0n) is 18.4. The predicted octanol–water partition coefficient (Wildman–Crippen LogP) is 2.38. The molecule has 0 radical (unpaired) electrons. The van der Waals surface area contributed by atoms with Gasteiger partial charge in [0, 0.05) is 38.6 Å². The molecule has 1 amide bonds. The van der Waals surface area contributed by atoms with Crippen LogP contribution in [0, 0.1) is 5.92 Å². The third-order valence-electron chi connectivity index (χ3n) is 5.75. The summed E-state index contributed by atoms with van der Waals surface area (Å²) in [6, 6.07) is 9.92. The average Bonchev–Trinajstić information content (AvgIpc) is 2.81. The van der Waals surface area contributed by atoms with Crippen molar-refractivity contribution >= 4 is 11.9 Å². The SMILES string of the molecule is CCNC(=NCC(CC)Oc1ccccc1)N1CCC(C(=O)N2CCOCC2)CC1. The molecule has 7 heteroatoms. The molecular weight excluding hydrogens is 380 g/mol. The highest BCUT2D eigenvalue weighted by atomic mass is 16.5. The van der Waals surface area contributed by atoms with Gasteiger partial charge in [-0.05, 0) is 38.3 Å². The van der Waals surface area contributed by atoms with E-state index in [1.54, 1.807) is 0 Å². The Labute approximate surface area is 180 Å². The van der Waals surface area contributed by atoms with Crippen molar-refractivity contribution in [3.8, 4) is 5.75 Å². The first-order valence-corrected chi connectivity index (χ1v) is 11.3. The molecule has 2 saturated heterocycles. The lowest BCUT2D eigenvalue weighted by Crippen LogP contribution is -2.50. The minimum atomic E-state index is 0.0430. The Morgan fingerprint density at radius 3 is 2.47 bits per heavy atom. The Kier molecular flexibility index (Phi) is 8.81. The molecule has 0 spiro atoms. The van der Waals surface area contributed by atoms with Crippen molar-refractivity contribution in [1.82, 2.24) is 15.1 Å². The normalized spacial score (nSPS) is 19.5. The number of amides is 1. The number of benzene rings is 1. The van der Waals surface area contributed by atoms with Crippen molar-refractivity contribution in [2.45, 2.75) is 39.2 Å². The van der Waals surface area contributed by atoms with Crippen molar-refractivity contribution in [3.05, 3.63) is 30.3 Å². The van der Waals surface area contributed by atoms with Gasteiger partial charge in [-0.3, -0.25) is 4.79 Å². The highest BCUT2D eigenvalue weighted by Crippen LogP contribution is 2.21. The fraction of sp³-hybridized carbons (Fsp3) is 0.652. The quantitative estimate of drug-likeness (QED) is 0.546. The van der Waals surface area contributed by atoms with Crippen molar-refractivity contribution in [3.63, 3.8) is 0 Å². The molecule has 166 valence electrons. The smallest absolute Gasteiger partial charge is 0.225 e. The lowest BCUT2D eigenvalue weighted by molar-refractivity contribution is -0.140. The maximum Gasteiger partial charge on any atom is 0.225 e. The van der Waals surface area contributed by atoms with E-state index in [4.69, 9.17) is 14.5 Å². The molecule has 0 aliphatic carbocycles. The van der Waals surface area contributed by atoms with E-state index in [0.29, 0.717) is 25.7 Å². The third kappa shape index (κ3) is 6.36. The van der Waals surface area contributed by atoms with E-state index < -0.39 is 0 Å². The number of guanidine groups is 1. The van der Waals surface area contributed by atoms with Crippen LogP contribution in [0.4, 0.5) is 0 Å². The molecule has 0 aromatic heterocycles. The Bertz CT molecular complexity index is 668. The van der Waals surface area contributed by atoms with Gasteiger partial charge in [0.1, 0.15) is 11.9 Å². The van der Waals surface area contributed by atoms with Gasteiger partial charge >= 0.3 is 0 Å². The summed E-state index contributed by atoms with van der Waals surface area (Å²) in [5.74, 6) is 2.21. The molecule has 1 aromatic rings. The van der Waals surface area contributed by atoms with Gasteiger partial charge in [0.05, 0.1) is 19.8 Å². The molecule has 2 aliphatic rings. The van der Waals surface area contributed by atoms with Gasteiger partial charge in [0.15, 0.2) is 5.96 Å². The second-order valence-corrected chi connectivity index (χ2v) is 7.85. The number of rotatable bonds is 7. The number of hydrogen-bond donors (Lipinski definition) is 1. The average molecular weight is 417 g/mol. The second-order valence-electron chi connectivity index (χ2n) is 7.85. The molecule has 7 nitrogen and oxygen atoms in total. The number of para-hydroxylation sites is 1. The van der Waals surface area contributed by atoms with Gasteiger partial charge in [-0.1, -0.05) is 25.1 Å². The second kappa shape index (κ2) is 11.8. The maximum atomic E-state index is 12.8. The Morgan fingerprint density at radius 1 is 1.13 bits per heavy atom. The van der Waals surface area contributed by atoms with Crippen LogP contribution in [0.25, 0.3) is 0 Å². The Morgan fingerprint density at radius 2 is 1.83 bits per heavy atom. The third-order valence-corrected chi connectivity index (χ3v) is 5.75. The van der Waals surface area contributed by atoms with Gasteiger partial charge in [-0.15, -0.1) is 0 Å². The Balaban J connectivity index is 1.53. The zero-order chi connectivity index (χ0) is 21.2. The molecule has 2 aliphatic heterocycles. The fourth-order valence-corrected chi connectivity index (χ4v) is 3.94. The van der Waals surface area contributed by atoms with Gasteiger partial charge in [0.25, 0.3) is 0 Å². The minimum Gasteiger partial charge on any atom is -0.489 e. The van der Waals surface area contributed by atoms with E-state index >= 15 is 0 Å². The lowest BCUT2D eigenvalue weighted by atomic mass is 9.95. The van der Waals surface area contributed by atoms with Crippen LogP contribution >= 0.6 is 0 Å². The molecule has 0 saturated carbocycles. The molecule has 2 heterocycles. The van der Waals surface area contributed by atoms with E-state index in [2.05, 4.69) is 24.1 Å². The number of hydrogen-bond acceptors (Lipinski definition) is 4. The summed E-state index contributed by atoms with van der Waals surface area (Å²) >= 11 is 0. The van der Waals surface area contributed by atoms with Crippen LogP contribution < -0.4 is 10.1 Å². The number of aliphatic imine (C=N–C) groups is 1. The molecule has 30 heavy (non-hydrogen) atoms. The van der Waals surface area contributed by atoms with Crippen molar-refractivity contribution in [2.75, 3.05) is 52.5 Å². The van der Waals surface area contributed by atoms with E-state index in [0.717, 1.165) is 63.7 Å². The summed E-state index contributed by atoms with van der Waals surface area (Å²) in [7, 11) is 0. The monoisotopic (exact) mass is 416 g/mol. The van der Waals surface area contributed by atoms with Crippen LogP contribution in [-0.4, -0.2) is 80.3 Å². The number of ether oxygens (including phenoxy) is 2. The summed E-state index contributed by atoms with van der Waals surface area (Å²) in [6.07, 6.45) is 2.69. The molecule has 1 atom stereocenters. The van der Waals surface area contributed by atoms with Crippen LogP contribution in [0.5, 0.6) is 5.75 Å². The molecule has 2 fully saturated rings. The topological polar surface area (TPSA) is 66.4 Å². The van der Waals surface area contributed by atoms with Gasteiger partial charge < -0.3 is 24.6 Å². The molecule has 0 bridgehead atoms. The van der Waals surface area contributed by atoms with E-state index in [-0.39, 0.29) is 12.0 Å². The van der Waals surface area contributed by atoms with E-state index in [1.165, 1.54) is 0 Å². The van der Waals surface area contributed by atoms with Crippen LogP contribution in [0.2, 0.25) is 0 Å². The standard InChI is InChI=1S/C23H36N4O3/c1-3-20(30-21-8-6-5-7-9-21)18-25-23(24-4-2)27-12-10-19(11-13-27)22(28)26-14-16-29-17-15-26/h5-9,19-20H,3-4,10-18H2,1-2H3,(H,24,25). The predicted molar refractivity (Wildman–Crippen MR) is 119 cm³/mol. The first kappa shape index (κ1) is 22.4. The largest absolute Gasteiger partial charge is 0.489 e. The number of carbonyl (C=O) groups is 1. The zero-order valence-corrected chi connectivity index (χ0v) is 18.4. The number of piperidine rings is 1. The molecule has 3 rings (SSSR count). The number of nitrogens with one attached hydrogen (secondary N) is 1. The summed E-state index contributed by atoms with van der Waals surface area (Å²) in [5.41, 5.74) is 0. The molecule has 1 aromatic carbocycles. The lowest BCUT2D eigenvalue weighted by Gasteiger charge is -2.36. The van der Waals surface area contributed by atoms with Gasteiger partial charge in [-0.2, -0.15) is 0 Å². The number of morpholine rings is 1. The van der Waals surface area contributed by atoms with Crippen molar-refractivity contribution < 1.29 is 14.3 Å². The molecule has 1 N–H and O–H groups in total. The fourth-order valence-electron chi connectivity index (χ4n) is 3.94. The Hall–Kier alpha value is -2.28. The molecular formula is C23H36N4O3. The number of carbonyl (C=O) groups excluding carboxylic acids is 1. The van der Waals surface area contributed by atoms with E-state index in [9.17, 15) is 4.79 Å². The van der Waals surface area contributed by atoms with E-state index in [1.807, 2.05) is 35.2 Å². The number of nitrogens with zero attached hydrogens (tertiary/aromatic N) is 3. The summed E-state index contributed by atoms with van der Waals surface area (Å²) in [4.78, 5) is 21.9. The first-order valence-electron chi connectivity index (χ1n) is 11.3. The number of likely N-dealkylation sites (tertiary alicyclic amines) is 1. The summed E-state index contributed by atoms with van der Waals surface area (Å²) in [6.45, 7) is 10.1. The first-order chi connectivity index (χ1) is 14.7. The van der Waals surface area contributed by atoms with Crippen molar-refractivity contribution in [2.24, 2.45) is 10.9 Å². The minimum absolute atomic E-state index is 0.0430.